The van der Waals surface area contributed by atoms with Crippen molar-refractivity contribution in [1.29, 1.82) is 0 Å². The second kappa shape index (κ2) is 4.13. The normalized spacial score (nSPS) is 21.4. The molecule has 2 N–H and O–H groups in total. The van der Waals surface area contributed by atoms with Crippen LogP contribution in [0.5, 0.6) is 5.88 Å². The lowest BCUT2D eigenvalue weighted by Crippen LogP contribution is -2.36. The van der Waals surface area contributed by atoms with E-state index in [2.05, 4.69) is 9.88 Å². The summed E-state index contributed by atoms with van der Waals surface area (Å²) in [5.74, 6) is -0.269. The molecule has 0 bridgehead atoms. The lowest BCUT2D eigenvalue weighted by atomic mass is 10.2. The Morgan fingerprint density at radius 2 is 2.31 bits per heavy atom. The summed E-state index contributed by atoms with van der Waals surface area (Å²) < 4.78 is 1.20. The molecule has 1 aliphatic rings. The summed E-state index contributed by atoms with van der Waals surface area (Å²) in [6.07, 6.45) is 2.10. The zero-order valence-electron chi connectivity index (χ0n) is 9.14. The van der Waals surface area contributed by atoms with E-state index in [0.29, 0.717) is 6.54 Å². The number of nitrogens with zero attached hydrogens (tertiary/aromatic N) is 2. The van der Waals surface area contributed by atoms with Crippen molar-refractivity contribution in [2.24, 2.45) is 0 Å². The smallest absolute Gasteiger partial charge is 0.331 e. The van der Waals surface area contributed by atoms with Crippen molar-refractivity contribution in [1.82, 2.24) is 14.5 Å². The molecule has 1 unspecified atom stereocenters. The second-order valence-corrected chi connectivity index (χ2v) is 4.18. The Balaban J connectivity index is 2.28. The van der Waals surface area contributed by atoms with Crippen molar-refractivity contribution in [3.05, 3.63) is 26.9 Å². The Kier molecular flexibility index (Phi) is 2.82. The van der Waals surface area contributed by atoms with Gasteiger partial charge in [-0.25, -0.2) is 4.79 Å². The predicted octanol–water partition coefficient (Wildman–Crippen LogP) is -0.664. The Labute approximate surface area is 92.1 Å². The highest BCUT2D eigenvalue weighted by molar-refractivity contribution is 5.06. The van der Waals surface area contributed by atoms with Crippen LogP contribution in [0.1, 0.15) is 12.8 Å². The van der Waals surface area contributed by atoms with Crippen LogP contribution >= 0.6 is 0 Å². The van der Waals surface area contributed by atoms with Gasteiger partial charge in [0, 0.05) is 12.6 Å². The highest BCUT2D eigenvalue weighted by Crippen LogP contribution is 2.17. The molecule has 6 nitrogen and oxygen atoms in total. The van der Waals surface area contributed by atoms with Gasteiger partial charge in [-0.1, -0.05) is 0 Å². The zero-order valence-corrected chi connectivity index (χ0v) is 9.14. The third-order valence-corrected chi connectivity index (χ3v) is 3.08. The standard InChI is InChI=1S/C10H15N3O3/c1-12-4-2-3-7(12)6-13-9(15)5-8(14)11-10(13)16/h5,7,15H,2-4,6H2,1H3,(H,11,14,16). The number of aromatic hydroxyl groups is 1. The molecular formula is C10H15N3O3. The molecule has 1 saturated heterocycles. The summed E-state index contributed by atoms with van der Waals surface area (Å²) in [6.45, 7) is 1.42. The maximum atomic E-state index is 11.5. The largest absolute Gasteiger partial charge is 0.494 e. The lowest BCUT2D eigenvalue weighted by molar-refractivity contribution is 0.266. The van der Waals surface area contributed by atoms with E-state index in [1.165, 1.54) is 4.57 Å². The van der Waals surface area contributed by atoms with Crippen molar-refractivity contribution < 1.29 is 5.11 Å². The van der Waals surface area contributed by atoms with Crippen LogP contribution in [0.25, 0.3) is 0 Å². The van der Waals surface area contributed by atoms with Gasteiger partial charge in [-0.05, 0) is 26.4 Å². The first-order chi connectivity index (χ1) is 7.58. The monoisotopic (exact) mass is 225 g/mol. The average molecular weight is 225 g/mol. The van der Waals surface area contributed by atoms with Crippen molar-refractivity contribution in [3.8, 4) is 5.88 Å². The molecule has 16 heavy (non-hydrogen) atoms. The Bertz CT molecular complexity index is 491. The fourth-order valence-electron chi connectivity index (χ4n) is 2.11. The lowest BCUT2D eigenvalue weighted by Gasteiger charge is -2.20. The molecule has 2 heterocycles. The molecule has 0 amide bonds. The maximum Gasteiger partial charge on any atom is 0.331 e. The minimum absolute atomic E-state index is 0.245. The van der Waals surface area contributed by atoms with Crippen molar-refractivity contribution in [2.75, 3.05) is 13.6 Å². The molecule has 1 fully saturated rings. The molecule has 0 aliphatic carbocycles. The first-order valence-electron chi connectivity index (χ1n) is 5.31. The quantitative estimate of drug-likeness (QED) is 0.700. The van der Waals surface area contributed by atoms with Gasteiger partial charge in [-0.15, -0.1) is 0 Å². The van der Waals surface area contributed by atoms with Gasteiger partial charge in [0.25, 0.3) is 5.56 Å². The third-order valence-electron chi connectivity index (χ3n) is 3.08. The minimum Gasteiger partial charge on any atom is -0.494 e. The Morgan fingerprint density at radius 1 is 1.56 bits per heavy atom. The van der Waals surface area contributed by atoms with Gasteiger partial charge in [-0.3, -0.25) is 14.3 Å². The van der Waals surface area contributed by atoms with E-state index in [1.54, 1.807) is 0 Å². The summed E-state index contributed by atoms with van der Waals surface area (Å²) in [6, 6.07) is 1.27. The molecule has 2 rings (SSSR count). The average Bonchev–Trinajstić information content (AvgIpc) is 2.57. The fraction of sp³-hybridized carbons (Fsp3) is 0.600. The SMILES string of the molecule is CN1CCCC1Cn1c(O)cc(=O)[nH]c1=O. The van der Waals surface area contributed by atoms with Crippen LogP contribution in [0.3, 0.4) is 0 Å². The Morgan fingerprint density at radius 3 is 2.88 bits per heavy atom. The summed E-state index contributed by atoms with van der Waals surface area (Å²) in [5.41, 5.74) is -1.12. The van der Waals surface area contributed by atoms with Crippen LogP contribution in [-0.4, -0.2) is 39.2 Å². The fourth-order valence-corrected chi connectivity index (χ4v) is 2.11. The molecule has 0 aromatic carbocycles. The molecule has 0 spiro atoms. The highest BCUT2D eigenvalue weighted by Gasteiger charge is 2.22. The van der Waals surface area contributed by atoms with E-state index in [1.807, 2.05) is 7.05 Å². The van der Waals surface area contributed by atoms with E-state index in [-0.39, 0.29) is 11.9 Å². The summed E-state index contributed by atoms with van der Waals surface area (Å²) >= 11 is 0. The molecule has 1 aromatic heterocycles. The molecule has 1 aromatic rings. The van der Waals surface area contributed by atoms with Crippen LogP contribution in [0, 0.1) is 0 Å². The van der Waals surface area contributed by atoms with Crippen LogP contribution in [0.2, 0.25) is 0 Å². The number of hydrogen-bond acceptors (Lipinski definition) is 4. The first kappa shape index (κ1) is 10.9. The van der Waals surface area contributed by atoms with Gasteiger partial charge in [0.05, 0.1) is 6.07 Å². The molecule has 6 heteroatoms. The molecule has 0 saturated carbocycles. The molecular weight excluding hydrogens is 210 g/mol. The molecule has 1 aliphatic heterocycles. The number of H-pyrrole nitrogens is 1. The van der Waals surface area contributed by atoms with E-state index in [9.17, 15) is 14.7 Å². The zero-order chi connectivity index (χ0) is 11.7. The van der Waals surface area contributed by atoms with Crippen LogP contribution < -0.4 is 11.2 Å². The van der Waals surface area contributed by atoms with E-state index in [0.717, 1.165) is 25.5 Å². The second-order valence-electron chi connectivity index (χ2n) is 4.18. The van der Waals surface area contributed by atoms with Gasteiger partial charge in [0.1, 0.15) is 0 Å². The topological polar surface area (TPSA) is 78.3 Å². The summed E-state index contributed by atoms with van der Waals surface area (Å²) in [7, 11) is 1.99. The Hall–Kier alpha value is -1.56. The predicted molar refractivity (Wildman–Crippen MR) is 58.6 cm³/mol. The van der Waals surface area contributed by atoms with E-state index >= 15 is 0 Å². The van der Waals surface area contributed by atoms with Gasteiger partial charge in [0.15, 0.2) is 0 Å². The number of likely N-dealkylation sites (tertiary alicyclic amines) is 1. The van der Waals surface area contributed by atoms with E-state index in [4.69, 9.17) is 0 Å². The number of aromatic amines is 1. The van der Waals surface area contributed by atoms with Crippen molar-refractivity contribution >= 4 is 0 Å². The molecule has 0 radical (unpaired) electrons. The first-order valence-corrected chi connectivity index (χ1v) is 5.31. The van der Waals surface area contributed by atoms with Crippen LogP contribution in [-0.2, 0) is 6.54 Å². The maximum absolute atomic E-state index is 11.5. The number of rotatable bonds is 2. The summed E-state index contributed by atoms with van der Waals surface area (Å²) in [4.78, 5) is 26.7. The minimum atomic E-state index is -0.571. The van der Waals surface area contributed by atoms with Gasteiger partial charge in [0.2, 0.25) is 5.88 Å². The number of nitrogens with one attached hydrogen (secondary N) is 1. The van der Waals surface area contributed by atoms with Crippen molar-refractivity contribution in [2.45, 2.75) is 25.4 Å². The van der Waals surface area contributed by atoms with Crippen LogP contribution in [0.15, 0.2) is 15.7 Å². The number of likely N-dealkylation sites (N-methyl/N-ethyl adjacent to an activating group) is 1. The number of hydrogen-bond donors (Lipinski definition) is 2. The van der Waals surface area contributed by atoms with Crippen LogP contribution in [0.4, 0.5) is 0 Å². The molecule has 1 atom stereocenters. The van der Waals surface area contributed by atoms with E-state index < -0.39 is 11.2 Å². The third kappa shape index (κ3) is 2.01. The highest BCUT2D eigenvalue weighted by atomic mass is 16.3. The number of aromatic nitrogens is 2. The van der Waals surface area contributed by atoms with Gasteiger partial charge >= 0.3 is 5.69 Å². The van der Waals surface area contributed by atoms with Gasteiger partial charge in [-0.2, -0.15) is 0 Å². The molecule has 88 valence electrons. The van der Waals surface area contributed by atoms with Gasteiger partial charge < -0.3 is 10.0 Å². The summed E-state index contributed by atoms with van der Waals surface area (Å²) in [5, 5.41) is 9.54. The van der Waals surface area contributed by atoms with Crippen molar-refractivity contribution in [3.63, 3.8) is 0 Å².